The van der Waals surface area contributed by atoms with Crippen LogP contribution >= 0.6 is 0 Å². The van der Waals surface area contributed by atoms with E-state index in [2.05, 4.69) is 28.9 Å². The average molecular weight is 327 g/mol. The molecule has 5 nitrogen and oxygen atoms in total. The molecule has 2 aliphatic heterocycles. The number of nitrogens with two attached hydrogens (primary N) is 1. The highest BCUT2D eigenvalue weighted by atomic mass is 16.7. The molecule has 3 heterocycles. The molecule has 1 fully saturated rings. The molecule has 0 amide bonds. The fourth-order valence-corrected chi connectivity index (χ4v) is 2.92. The van der Waals surface area contributed by atoms with E-state index in [4.69, 9.17) is 15.2 Å². The van der Waals surface area contributed by atoms with Gasteiger partial charge in [-0.25, -0.2) is 4.98 Å². The number of ether oxygens (including phenoxy) is 2. The molecule has 2 aromatic rings. The Kier molecular flexibility index (Phi) is 5.54. The lowest BCUT2D eigenvalue weighted by Crippen LogP contribution is -2.29. The van der Waals surface area contributed by atoms with E-state index in [-0.39, 0.29) is 0 Å². The number of piperidine rings is 1. The van der Waals surface area contributed by atoms with E-state index < -0.39 is 0 Å². The van der Waals surface area contributed by atoms with E-state index in [1.807, 2.05) is 24.4 Å². The Labute approximate surface area is 143 Å². The van der Waals surface area contributed by atoms with Crippen molar-refractivity contribution < 1.29 is 9.47 Å². The zero-order valence-electron chi connectivity index (χ0n) is 14.2. The second-order valence-electron chi connectivity index (χ2n) is 6.10. The first-order valence-electron chi connectivity index (χ1n) is 8.53. The quantitative estimate of drug-likeness (QED) is 0.917. The van der Waals surface area contributed by atoms with Gasteiger partial charge in [0.15, 0.2) is 11.5 Å². The summed E-state index contributed by atoms with van der Waals surface area (Å²) in [7, 11) is 0. The second kappa shape index (κ2) is 8.02. The summed E-state index contributed by atoms with van der Waals surface area (Å²) in [5, 5.41) is 0. The lowest BCUT2D eigenvalue weighted by molar-refractivity contribution is 0.173. The van der Waals surface area contributed by atoms with Crippen LogP contribution < -0.4 is 20.1 Å². The molecule has 0 radical (unpaired) electrons. The number of para-hydroxylation sites is 1. The van der Waals surface area contributed by atoms with Crippen molar-refractivity contribution in [2.45, 2.75) is 32.7 Å². The molecular weight excluding hydrogens is 302 g/mol. The zero-order valence-corrected chi connectivity index (χ0v) is 14.2. The first kappa shape index (κ1) is 16.6. The smallest absolute Gasteiger partial charge is 0.231 e. The monoisotopic (exact) mass is 327 g/mol. The fourth-order valence-electron chi connectivity index (χ4n) is 2.92. The SMILES string of the molecule is Cc1ccc(N2CCCCC2)nc1.NCc1cccc2c1OCO2. The van der Waals surface area contributed by atoms with Gasteiger partial charge in [-0.3, -0.25) is 0 Å². The predicted octanol–water partition coefficient (Wildman–Crippen LogP) is 3.25. The summed E-state index contributed by atoms with van der Waals surface area (Å²) in [5.74, 6) is 2.74. The Balaban J connectivity index is 0.000000143. The van der Waals surface area contributed by atoms with Crippen LogP contribution in [-0.2, 0) is 6.54 Å². The van der Waals surface area contributed by atoms with E-state index in [1.54, 1.807) is 0 Å². The van der Waals surface area contributed by atoms with Gasteiger partial charge in [0.2, 0.25) is 6.79 Å². The van der Waals surface area contributed by atoms with Crippen LogP contribution in [0.25, 0.3) is 0 Å². The van der Waals surface area contributed by atoms with Gasteiger partial charge in [0.25, 0.3) is 0 Å². The topological polar surface area (TPSA) is 60.6 Å². The van der Waals surface area contributed by atoms with Crippen LogP contribution in [-0.4, -0.2) is 24.9 Å². The molecule has 4 rings (SSSR count). The lowest BCUT2D eigenvalue weighted by atomic mass is 10.1. The molecule has 0 spiro atoms. The highest BCUT2D eigenvalue weighted by Gasteiger charge is 2.15. The molecule has 0 unspecified atom stereocenters. The van der Waals surface area contributed by atoms with Gasteiger partial charge in [0.1, 0.15) is 5.82 Å². The van der Waals surface area contributed by atoms with Crippen LogP contribution in [0.1, 0.15) is 30.4 Å². The summed E-state index contributed by atoms with van der Waals surface area (Å²) in [6.07, 6.45) is 5.96. The number of hydrogen-bond acceptors (Lipinski definition) is 5. The van der Waals surface area contributed by atoms with E-state index >= 15 is 0 Å². The minimum atomic E-state index is 0.312. The summed E-state index contributed by atoms with van der Waals surface area (Å²) in [6.45, 7) is 5.23. The first-order valence-corrected chi connectivity index (χ1v) is 8.53. The maximum absolute atomic E-state index is 5.49. The van der Waals surface area contributed by atoms with Gasteiger partial charge in [0, 0.05) is 31.4 Å². The molecular formula is C19H25N3O2. The van der Waals surface area contributed by atoms with Crippen LogP contribution in [0.4, 0.5) is 5.82 Å². The van der Waals surface area contributed by atoms with Gasteiger partial charge in [-0.1, -0.05) is 18.2 Å². The standard InChI is InChI=1S/C11H16N2.C8H9NO2/c1-10-5-6-11(12-9-10)13-7-3-2-4-8-13;9-4-6-2-1-3-7-8(6)11-5-10-7/h5-6,9H,2-4,7-8H2,1H3;1-3H,4-5,9H2. The van der Waals surface area contributed by atoms with Crippen molar-refractivity contribution in [3.63, 3.8) is 0 Å². The molecule has 2 N–H and O–H groups in total. The number of benzene rings is 1. The highest BCUT2D eigenvalue weighted by molar-refractivity contribution is 5.47. The van der Waals surface area contributed by atoms with Gasteiger partial charge in [-0.2, -0.15) is 0 Å². The van der Waals surface area contributed by atoms with Gasteiger partial charge in [-0.05, 0) is 43.9 Å². The molecule has 1 aromatic heterocycles. The molecule has 0 aliphatic carbocycles. The van der Waals surface area contributed by atoms with Gasteiger partial charge >= 0.3 is 0 Å². The van der Waals surface area contributed by atoms with Crippen LogP contribution in [0, 0.1) is 6.92 Å². The van der Waals surface area contributed by atoms with E-state index in [1.165, 1.54) is 37.9 Å². The predicted molar refractivity (Wildman–Crippen MR) is 95.5 cm³/mol. The molecule has 128 valence electrons. The van der Waals surface area contributed by atoms with Crippen molar-refractivity contribution in [2.75, 3.05) is 24.8 Å². The fraction of sp³-hybridized carbons (Fsp3) is 0.421. The Hall–Kier alpha value is -2.27. The summed E-state index contributed by atoms with van der Waals surface area (Å²) in [4.78, 5) is 6.81. The van der Waals surface area contributed by atoms with Crippen molar-refractivity contribution in [1.29, 1.82) is 0 Å². The van der Waals surface area contributed by atoms with Crippen LogP contribution in [0.2, 0.25) is 0 Å². The highest BCUT2D eigenvalue weighted by Crippen LogP contribution is 2.34. The minimum Gasteiger partial charge on any atom is -0.454 e. The van der Waals surface area contributed by atoms with Crippen LogP contribution in [0.3, 0.4) is 0 Å². The molecule has 0 bridgehead atoms. The molecule has 5 heteroatoms. The maximum atomic E-state index is 5.49. The second-order valence-corrected chi connectivity index (χ2v) is 6.10. The third-order valence-corrected chi connectivity index (χ3v) is 4.27. The Morgan fingerprint density at radius 1 is 1.08 bits per heavy atom. The van der Waals surface area contributed by atoms with Crippen LogP contribution in [0.5, 0.6) is 11.5 Å². The molecule has 0 atom stereocenters. The van der Waals surface area contributed by atoms with Crippen molar-refractivity contribution in [1.82, 2.24) is 4.98 Å². The Bertz CT molecular complexity index is 652. The van der Waals surface area contributed by atoms with Crippen LogP contribution in [0.15, 0.2) is 36.5 Å². The number of anilines is 1. The number of aromatic nitrogens is 1. The molecule has 2 aliphatic rings. The first-order chi connectivity index (χ1) is 11.8. The third-order valence-electron chi connectivity index (χ3n) is 4.27. The molecule has 1 saturated heterocycles. The number of hydrogen-bond donors (Lipinski definition) is 1. The summed E-state index contributed by atoms with van der Waals surface area (Å²) < 4.78 is 10.4. The average Bonchev–Trinajstić information content (AvgIpc) is 3.12. The lowest BCUT2D eigenvalue weighted by Gasteiger charge is -2.27. The third kappa shape index (κ3) is 3.97. The molecule has 24 heavy (non-hydrogen) atoms. The molecule has 1 aromatic carbocycles. The van der Waals surface area contributed by atoms with Gasteiger partial charge < -0.3 is 20.1 Å². The normalized spacial score (nSPS) is 15.7. The van der Waals surface area contributed by atoms with Gasteiger partial charge in [-0.15, -0.1) is 0 Å². The number of rotatable bonds is 2. The van der Waals surface area contributed by atoms with Crippen molar-refractivity contribution >= 4 is 5.82 Å². The van der Waals surface area contributed by atoms with E-state index in [0.29, 0.717) is 13.3 Å². The van der Waals surface area contributed by atoms with Gasteiger partial charge in [0.05, 0.1) is 0 Å². The number of fused-ring (bicyclic) bond motifs is 1. The maximum Gasteiger partial charge on any atom is 0.231 e. The summed E-state index contributed by atoms with van der Waals surface area (Å²) in [6, 6.07) is 9.99. The minimum absolute atomic E-state index is 0.312. The van der Waals surface area contributed by atoms with E-state index in [0.717, 1.165) is 22.9 Å². The van der Waals surface area contributed by atoms with Crippen molar-refractivity contribution in [2.24, 2.45) is 5.73 Å². The molecule has 0 saturated carbocycles. The summed E-state index contributed by atoms with van der Waals surface area (Å²) in [5.41, 5.74) is 7.72. The Morgan fingerprint density at radius 2 is 1.92 bits per heavy atom. The summed E-state index contributed by atoms with van der Waals surface area (Å²) >= 11 is 0. The number of aryl methyl sites for hydroxylation is 1. The largest absolute Gasteiger partial charge is 0.454 e. The Morgan fingerprint density at radius 3 is 2.62 bits per heavy atom. The van der Waals surface area contributed by atoms with Crippen molar-refractivity contribution in [3.8, 4) is 11.5 Å². The van der Waals surface area contributed by atoms with E-state index in [9.17, 15) is 0 Å². The number of pyridine rings is 1. The zero-order chi connectivity index (χ0) is 16.8. The van der Waals surface area contributed by atoms with Crippen molar-refractivity contribution in [3.05, 3.63) is 47.7 Å². The number of nitrogens with zero attached hydrogens (tertiary/aromatic N) is 2.